The number of nitrogens with zero attached hydrogens (tertiary/aromatic N) is 2. The average Bonchev–Trinajstić information content (AvgIpc) is 2.70. The first kappa shape index (κ1) is 17.2. The Bertz CT molecular complexity index is 365. The largest absolute Gasteiger partial charge is 0.383 e. The minimum absolute atomic E-state index is 0. The summed E-state index contributed by atoms with van der Waals surface area (Å²) < 4.78 is 7.10. The maximum absolute atomic E-state index is 5.07. The van der Waals surface area contributed by atoms with E-state index in [9.17, 15) is 0 Å². The number of nitrogens with one attached hydrogen (secondary N) is 2. The van der Waals surface area contributed by atoms with E-state index in [1.54, 1.807) is 14.2 Å². The fourth-order valence-corrected chi connectivity index (χ4v) is 1.57. The molecule has 0 aromatic carbocycles. The number of halogens is 1. The van der Waals surface area contributed by atoms with Crippen molar-refractivity contribution >= 4 is 29.9 Å². The molecule has 0 aliphatic carbocycles. The number of hydrogen-bond acceptors (Lipinski definition) is 2. The van der Waals surface area contributed by atoms with Gasteiger partial charge in [-0.1, -0.05) is 0 Å². The van der Waals surface area contributed by atoms with Gasteiger partial charge in [0.2, 0.25) is 0 Å². The molecule has 1 atom stereocenters. The van der Waals surface area contributed by atoms with Crippen molar-refractivity contribution in [2.75, 3.05) is 20.8 Å². The van der Waals surface area contributed by atoms with Crippen molar-refractivity contribution in [2.45, 2.75) is 19.5 Å². The molecule has 104 valence electrons. The van der Waals surface area contributed by atoms with E-state index in [1.165, 1.54) is 5.56 Å². The standard InChI is InChI=1S/C12H22N4O.HI/c1-10(9-17-4)15-12(13-2)14-7-11-5-6-16(3)8-11;/h5-6,8,10H,7,9H2,1-4H3,(H2,13,14,15);1H. The van der Waals surface area contributed by atoms with Crippen LogP contribution in [0.15, 0.2) is 23.5 Å². The van der Waals surface area contributed by atoms with Crippen LogP contribution in [-0.2, 0) is 18.3 Å². The summed E-state index contributed by atoms with van der Waals surface area (Å²) in [6, 6.07) is 2.32. The summed E-state index contributed by atoms with van der Waals surface area (Å²) in [5.74, 6) is 0.790. The van der Waals surface area contributed by atoms with E-state index in [2.05, 4.69) is 34.8 Å². The summed E-state index contributed by atoms with van der Waals surface area (Å²) in [7, 11) is 5.47. The monoisotopic (exact) mass is 366 g/mol. The van der Waals surface area contributed by atoms with Gasteiger partial charge in [-0.25, -0.2) is 0 Å². The Hall–Kier alpha value is -0.760. The number of hydrogen-bond donors (Lipinski definition) is 2. The van der Waals surface area contributed by atoms with Crippen molar-refractivity contribution < 1.29 is 4.74 Å². The molecule has 1 heterocycles. The van der Waals surface area contributed by atoms with Crippen LogP contribution in [0.2, 0.25) is 0 Å². The molecule has 0 radical (unpaired) electrons. The predicted octanol–water partition coefficient (Wildman–Crippen LogP) is 1.34. The normalized spacial score (nSPS) is 12.8. The Morgan fingerprint density at radius 3 is 2.78 bits per heavy atom. The van der Waals surface area contributed by atoms with Gasteiger partial charge >= 0.3 is 0 Å². The smallest absolute Gasteiger partial charge is 0.191 e. The van der Waals surface area contributed by atoms with Crippen LogP contribution in [0, 0.1) is 0 Å². The number of rotatable bonds is 5. The molecule has 1 aromatic heterocycles. The van der Waals surface area contributed by atoms with Gasteiger partial charge in [0.15, 0.2) is 5.96 Å². The number of aliphatic imine (C=N–C) groups is 1. The van der Waals surface area contributed by atoms with E-state index >= 15 is 0 Å². The SMILES string of the molecule is CN=C(NCc1ccn(C)c1)NC(C)COC.I. The molecule has 0 amide bonds. The molecule has 1 rings (SSSR count). The second kappa shape index (κ2) is 9.21. The summed E-state index contributed by atoms with van der Waals surface area (Å²) in [5.41, 5.74) is 1.23. The Morgan fingerprint density at radius 2 is 2.28 bits per heavy atom. The van der Waals surface area contributed by atoms with Crippen molar-refractivity contribution in [3.8, 4) is 0 Å². The van der Waals surface area contributed by atoms with Crippen LogP contribution in [0.1, 0.15) is 12.5 Å². The maximum atomic E-state index is 5.07. The summed E-state index contributed by atoms with van der Waals surface area (Å²) >= 11 is 0. The third kappa shape index (κ3) is 6.25. The lowest BCUT2D eigenvalue weighted by Crippen LogP contribution is -2.43. The highest BCUT2D eigenvalue weighted by molar-refractivity contribution is 14.0. The molecule has 0 saturated carbocycles. The first-order valence-corrected chi connectivity index (χ1v) is 5.72. The molecule has 1 aromatic rings. The van der Waals surface area contributed by atoms with E-state index in [-0.39, 0.29) is 30.0 Å². The molecule has 18 heavy (non-hydrogen) atoms. The molecule has 0 aliphatic rings. The Labute approximate surface area is 126 Å². The van der Waals surface area contributed by atoms with Crippen molar-refractivity contribution in [1.82, 2.24) is 15.2 Å². The molecular formula is C12H23IN4O. The second-order valence-electron chi connectivity index (χ2n) is 4.11. The zero-order valence-electron chi connectivity index (χ0n) is 11.4. The van der Waals surface area contributed by atoms with Gasteiger partial charge in [0.25, 0.3) is 0 Å². The topological polar surface area (TPSA) is 50.6 Å². The quantitative estimate of drug-likeness (QED) is 0.470. The minimum Gasteiger partial charge on any atom is -0.383 e. The molecule has 6 heteroatoms. The number of methoxy groups -OCH3 is 1. The van der Waals surface area contributed by atoms with Crippen LogP contribution in [0.5, 0.6) is 0 Å². The van der Waals surface area contributed by atoms with Crippen LogP contribution >= 0.6 is 24.0 Å². The van der Waals surface area contributed by atoms with E-state index in [4.69, 9.17) is 4.74 Å². The van der Waals surface area contributed by atoms with Crippen molar-refractivity contribution in [1.29, 1.82) is 0 Å². The first-order chi connectivity index (χ1) is 8.15. The van der Waals surface area contributed by atoms with E-state index < -0.39 is 0 Å². The Balaban J connectivity index is 0.00000289. The lowest BCUT2D eigenvalue weighted by molar-refractivity contribution is 0.179. The highest BCUT2D eigenvalue weighted by atomic mass is 127. The van der Waals surface area contributed by atoms with Gasteiger partial charge in [-0.15, -0.1) is 24.0 Å². The first-order valence-electron chi connectivity index (χ1n) is 5.72. The summed E-state index contributed by atoms with van der Waals surface area (Å²) in [4.78, 5) is 4.16. The number of aromatic nitrogens is 1. The molecule has 0 bridgehead atoms. The fraction of sp³-hybridized carbons (Fsp3) is 0.583. The zero-order valence-corrected chi connectivity index (χ0v) is 13.8. The minimum atomic E-state index is 0. The summed E-state index contributed by atoms with van der Waals surface area (Å²) in [6.07, 6.45) is 4.11. The van der Waals surface area contributed by atoms with Crippen molar-refractivity contribution in [3.05, 3.63) is 24.0 Å². The second-order valence-corrected chi connectivity index (χ2v) is 4.11. The van der Waals surface area contributed by atoms with Crippen molar-refractivity contribution in [3.63, 3.8) is 0 Å². The number of ether oxygens (including phenoxy) is 1. The van der Waals surface area contributed by atoms with E-state index in [0.29, 0.717) is 6.61 Å². The van der Waals surface area contributed by atoms with Gasteiger partial charge in [-0.2, -0.15) is 0 Å². The zero-order chi connectivity index (χ0) is 12.7. The van der Waals surface area contributed by atoms with E-state index in [1.807, 2.05) is 17.8 Å². The molecule has 0 aliphatic heterocycles. The van der Waals surface area contributed by atoms with Crippen LogP contribution < -0.4 is 10.6 Å². The molecule has 1 unspecified atom stereocenters. The molecule has 2 N–H and O–H groups in total. The van der Waals surface area contributed by atoms with Gasteiger partial charge in [0, 0.05) is 46.2 Å². The summed E-state index contributed by atoms with van der Waals surface area (Å²) in [6.45, 7) is 3.48. The predicted molar refractivity (Wildman–Crippen MR) is 85.5 cm³/mol. The fourth-order valence-electron chi connectivity index (χ4n) is 1.57. The van der Waals surface area contributed by atoms with Gasteiger partial charge in [-0.05, 0) is 18.6 Å². The molecular weight excluding hydrogens is 343 g/mol. The van der Waals surface area contributed by atoms with Crippen molar-refractivity contribution in [2.24, 2.45) is 12.0 Å². The number of guanidine groups is 1. The van der Waals surface area contributed by atoms with Crippen LogP contribution in [0.4, 0.5) is 0 Å². The van der Waals surface area contributed by atoms with Gasteiger partial charge in [0.05, 0.1) is 6.61 Å². The van der Waals surface area contributed by atoms with E-state index in [0.717, 1.165) is 12.5 Å². The highest BCUT2D eigenvalue weighted by Crippen LogP contribution is 1.98. The molecule has 5 nitrogen and oxygen atoms in total. The third-order valence-electron chi connectivity index (χ3n) is 2.38. The molecule has 0 fully saturated rings. The highest BCUT2D eigenvalue weighted by Gasteiger charge is 2.04. The summed E-state index contributed by atoms with van der Waals surface area (Å²) in [5, 5.41) is 6.51. The van der Waals surface area contributed by atoms with Crippen LogP contribution in [0.3, 0.4) is 0 Å². The lowest BCUT2D eigenvalue weighted by atomic mass is 10.3. The van der Waals surface area contributed by atoms with Gasteiger partial charge in [0.1, 0.15) is 0 Å². The Morgan fingerprint density at radius 1 is 1.56 bits per heavy atom. The Kier molecular flexibility index (Phi) is 8.82. The van der Waals surface area contributed by atoms with Crippen LogP contribution in [-0.4, -0.2) is 37.3 Å². The average molecular weight is 366 g/mol. The van der Waals surface area contributed by atoms with Crippen LogP contribution in [0.25, 0.3) is 0 Å². The van der Waals surface area contributed by atoms with Gasteiger partial charge < -0.3 is 19.9 Å². The molecule has 0 spiro atoms. The molecule has 0 saturated heterocycles. The number of aryl methyl sites for hydroxylation is 1. The maximum Gasteiger partial charge on any atom is 0.191 e. The lowest BCUT2D eigenvalue weighted by Gasteiger charge is -2.16. The third-order valence-corrected chi connectivity index (χ3v) is 2.38. The van der Waals surface area contributed by atoms with Gasteiger partial charge in [-0.3, -0.25) is 4.99 Å².